The van der Waals surface area contributed by atoms with Gasteiger partial charge >= 0.3 is 11.9 Å². The molecule has 8 atom stereocenters. The number of hydrogen-bond donors (Lipinski definition) is 2. The van der Waals surface area contributed by atoms with Crippen LogP contribution >= 0.6 is 0 Å². The Labute approximate surface area is 243 Å². The normalized spacial score (nSPS) is 38.4. The van der Waals surface area contributed by atoms with Crippen LogP contribution < -0.4 is 14.4 Å². The number of anilines is 1. The minimum absolute atomic E-state index is 0.0293. The molecule has 5 heterocycles. The molecule has 1 unspecified atom stereocenters. The highest BCUT2D eigenvalue weighted by Crippen LogP contribution is 2.66. The van der Waals surface area contributed by atoms with Gasteiger partial charge in [-0.3, -0.25) is 24.1 Å². The Hall–Kier alpha value is -3.44. The van der Waals surface area contributed by atoms with Crippen molar-refractivity contribution in [3.63, 3.8) is 0 Å². The largest absolute Gasteiger partial charge is 0.493 e. The monoisotopic (exact) mass is 580 g/mol. The van der Waals surface area contributed by atoms with E-state index in [9.17, 15) is 19.2 Å². The Kier molecular flexibility index (Phi) is 6.40. The van der Waals surface area contributed by atoms with E-state index in [1.807, 2.05) is 6.07 Å². The number of benzene rings is 1. The van der Waals surface area contributed by atoms with E-state index in [0.29, 0.717) is 30.0 Å². The zero-order chi connectivity index (χ0) is 29.5. The van der Waals surface area contributed by atoms with E-state index in [4.69, 9.17) is 24.4 Å². The number of piperidine rings is 2. The van der Waals surface area contributed by atoms with Gasteiger partial charge in [-0.25, -0.2) is 0 Å². The summed E-state index contributed by atoms with van der Waals surface area (Å²) in [6, 6.07) is 4.88. The fourth-order valence-electron chi connectivity index (χ4n) is 9.43. The van der Waals surface area contributed by atoms with Gasteiger partial charge in [0, 0.05) is 42.8 Å². The number of aliphatic carboxylic acids is 2. The molecule has 2 bridgehead atoms. The lowest BCUT2D eigenvalue weighted by atomic mass is 9.53. The molecule has 42 heavy (non-hydrogen) atoms. The van der Waals surface area contributed by atoms with Gasteiger partial charge in [-0.2, -0.15) is 0 Å². The van der Waals surface area contributed by atoms with E-state index in [1.54, 1.807) is 19.8 Å². The first-order valence-electron chi connectivity index (χ1n) is 14.8. The van der Waals surface area contributed by atoms with Crippen LogP contribution in [0.3, 0.4) is 0 Å². The minimum atomic E-state index is -1.20. The number of carboxylic acid groups (broad SMARTS) is 2. The molecule has 2 saturated carbocycles. The molecule has 224 valence electrons. The number of carbonyl (C=O) groups excluding carboxylic acids is 2. The predicted octanol–water partition coefficient (Wildman–Crippen LogP) is 2.25. The number of hydrogen-bond acceptors (Lipinski definition) is 8. The maximum absolute atomic E-state index is 13.5. The summed E-state index contributed by atoms with van der Waals surface area (Å²) < 4.78 is 17.7. The number of methoxy groups -OCH3 is 2. The fourth-order valence-corrected chi connectivity index (χ4v) is 9.43. The molecular formula is C31H36N2O9. The Bertz CT molecular complexity index is 1380. The van der Waals surface area contributed by atoms with Gasteiger partial charge < -0.3 is 29.3 Å². The molecular weight excluding hydrogens is 544 g/mol. The van der Waals surface area contributed by atoms with Crippen LogP contribution in [0.15, 0.2) is 23.8 Å². The SMILES string of the molecule is COc1cc2c(cc1OC)[C@@]13CCN4C/C5=C/CCO[C@H]6CC(=O)N2[C@H]1C6[C@H]5C[C@H]43.O=C1C[C@@H](C(=O)O)[C@H](C(=O)O)C1. The van der Waals surface area contributed by atoms with Gasteiger partial charge in [0.2, 0.25) is 5.91 Å². The predicted molar refractivity (Wildman–Crippen MR) is 148 cm³/mol. The van der Waals surface area contributed by atoms with Crippen molar-refractivity contribution < 1.29 is 43.6 Å². The van der Waals surface area contributed by atoms with Gasteiger partial charge in [0.1, 0.15) is 5.78 Å². The fraction of sp³-hybridized carbons (Fsp3) is 0.613. The summed E-state index contributed by atoms with van der Waals surface area (Å²) in [5.74, 6) is -2.18. The molecule has 1 amide bonds. The van der Waals surface area contributed by atoms with Crippen molar-refractivity contribution in [2.24, 2.45) is 23.7 Å². The number of carbonyl (C=O) groups is 4. The van der Waals surface area contributed by atoms with Crippen molar-refractivity contribution in [1.29, 1.82) is 0 Å². The van der Waals surface area contributed by atoms with Gasteiger partial charge in [0.25, 0.3) is 0 Å². The second-order valence-electron chi connectivity index (χ2n) is 12.6. The zero-order valence-electron chi connectivity index (χ0n) is 23.8. The first-order valence-corrected chi connectivity index (χ1v) is 14.8. The van der Waals surface area contributed by atoms with Crippen molar-refractivity contribution >= 4 is 29.3 Å². The van der Waals surface area contributed by atoms with Crippen molar-refractivity contribution in [2.45, 2.75) is 62.1 Å². The van der Waals surface area contributed by atoms with Crippen LogP contribution in [0.4, 0.5) is 5.69 Å². The second kappa shape index (κ2) is 9.80. The lowest BCUT2D eigenvalue weighted by molar-refractivity contribution is -0.152. The van der Waals surface area contributed by atoms with Crippen molar-refractivity contribution in [3.8, 4) is 11.5 Å². The van der Waals surface area contributed by atoms with Crippen LogP contribution in [0.5, 0.6) is 11.5 Å². The molecule has 0 radical (unpaired) electrons. The van der Waals surface area contributed by atoms with Gasteiger partial charge in [0.15, 0.2) is 11.5 Å². The topological polar surface area (TPSA) is 143 Å². The minimum Gasteiger partial charge on any atom is -0.493 e. The lowest BCUT2D eigenvalue weighted by Gasteiger charge is -2.59. The van der Waals surface area contributed by atoms with Crippen LogP contribution in [0.1, 0.15) is 44.1 Å². The van der Waals surface area contributed by atoms with E-state index in [1.165, 1.54) is 12.0 Å². The van der Waals surface area contributed by atoms with Crippen LogP contribution in [0.2, 0.25) is 0 Å². The molecule has 3 saturated heterocycles. The molecule has 2 aliphatic carbocycles. The van der Waals surface area contributed by atoms with Gasteiger partial charge in [0.05, 0.1) is 56.9 Å². The second-order valence-corrected chi connectivity index (χ2v) is 12.6. The standard InChI is InChI=1S/C24H28N2O4.C7H8O5/c1-28-17-9-15-16(10-18(17)29-2)26-21(27)11-19-22-14-8-20-24(15,23(22)26)5-6-25(20)12-13(14)4-3-7-30-19;8-3-1-4(6(9)10)5(2-3)7(11)12/h4,9-10,14,19-20,22-23H,3,5-8,11-12H2,1-2H3;4-5H,1-2H2,(H,9,10)(H,11,12)/b13-4-;/t14-,19-,20-,22?,23-,24+;4-,5-/m01/s1. The summed E-state index contributed by atoms with van der Waals surface area (Å²) in [7, 11) is 3.37. The number of ether oxygens (including phenoxy) is 3. The number of amides is 1. The van der Waals surface area contributed by atoms with Crippen molar-refractivity contribution in [1.82, 2.24) is 4.90 Å². The Morgan fingerprint density at radius 1 is 1.02 bits per heavy atom. The third kappa shape index (κ3) is 3.71. The molecule has 1 spiro atoms. The van der Waals surface area contributed by atoms with Crippen molar-refractivity contribution in [2.75, 3.05) is 38.8 Å². The molecule has 2 N–H and O–H groups in total. The highest BCUT2D eigenvalue weighted by atomic mass is 16.5. The van der Waals surface area contributed by atoms with Crippen LogP contribution in [0.25, 0.3) is 0 Å². The highest BCUT2D eigenvalue weighted by Gasteiger charge is 2.71. The van der Waals surface area contributed by atoms with Gasteiger partial charge in [-0.15, -0.1) is 0 Å². The van der Waals surface area contributed by atoms with Gasteiger partial charge in [-0.1, -0.05) is 11.6 Å². The number of fused-ring (bicyclic) bond motifs is 2. The van der Waals surface area contributed by atoms with E-state index in [2.05, 4.69) is 21.9 Å². The first kappa shape index (κ1) is 27.4. The molecule has 8 rings (SSSR count). The molecule has 11 nitrogen and oxygen atoms in total. The average molecular weight is 581 g/mol. The Balaban J connectivity index is 0.000000204. The molecule has 7 aliphatic rings. The lowest BCUT2D eigenvalue weighted by Crippen LogP contribution is -2.69. The quantitative estimate of drug-likeness (QED) is 0.509. The third-order valence-corrected chi connectivity index (χ3v) is 11.0. The molecule has 5 fully saturated rings. The Morgan fingerprint density at radius 2 is 1.71 bits per heavy atom. The summed E-state index contributed by atoms with van der Waals surface area (Å²) in [5.41, 5.74) is 3.90. The zero-order valence-corrected chi connectivity index (χ0v) is 23.8. The molecule has 0 aromatic heterocycles. The maximum Gasteiger partial charge on any atom is 0.307 e. The van der Waals surface area contributed by atoms with Gasteiger partial charge in [-0.05, 0) is 43.4 Å². The maximum atomic E-state index is 13.5. The van der Waals surface area contributed by atoms with E-state index in [-0.39, 0.29) is 42.1 Å². The summed E-state index contributed by atoms with van der Waals surface area (Å²) in [4.78, 5) is 50.0. The third-order valence-electron chi connectivity index (χ3n) is 11.0. The Morgan fingerprint density at radius 3 is 2.38 bits per heavy atom. The number of carboxylic acids is 2. The smallest absolute Gasteiger partial charge is 0.307 e. The average Bonchev–Trinajstić information content (AvgIpc) is 3.64. The summed E-state index contributed by atoms with van der Waals surface area (Å²) in [6.07, 6.45) is 5.92. The van der Waals surface area contributed by atoms with Crippen LogP contribution in [-0.2, 0) is 29.3 Å². The molecule has 11 heteroatoms. The summed E-state index contributed by atoms with van der Waals surface area (Å²) >= 11 is 0. The summed E-state index contributed by atoms with van der Waals surface area (Å²) in [5, 5.41) is 17.1. The van der Waals surface area contributed by atoms with Crippen LogP contribution in [-0.4, -0.2) is 90.8 Å². The summed E-state index contributed by atoms with van der Waals surface area (Å²) in [6.45, 7) is 2.91. The van der Waals surface area contributed by atoms with E-state index >= 15 is 0 Å². The number of Topliss-reactive ketones (excluding diaryl/α,β-unsaturated/α-hetero) is 1. The molecule has 1 aromatic rings. The van der Waals surface area contributed by atoms with E-state index in [0.717, 1.165) is 44.0 Å². The highest BCUT2D eigenvalue weighted by molar-refractivity contribution is 6.00. The number of nitrogens with zero attached hydrogens (tertiary/aromatic N) is 2. The molecule has 1 aromatic carbocycles. The van der Waals surface area contributed by atoms with Crippen molar-refractivity contribution in [3.05, 3.63) is 29.3 Å². The molecule has 5 aliphatic heterocycles. The van der Waals surface area contributed by atoms with E-state index < -0.39 is 23.8 Å². The number of ketones is 1. The van der Waals surface area contributed by atoms with Crippen LogP contribution in [0, 0.1) is 23.7 Å². The first-order chi connectivity index (χ1) is 20.2. The number of rotatable bonds is 4.